The molecule has 39 heavy (non-hydrogen) atoms. The van der Waals surface area contributed by atoms with Gasteiger partial charge in [0.05, 0.1) is 42.8 Å². The van der Waals surface area contributed by atoms with Crippen LogP contribution < -0.4 is 11.2 Å². The van der Waals surface area contributed by atoms with Crippen molar-refractivity contribution in [3.8, 4) is 0 Å². The van der Waals surface area contributed by atoms with Gasteiger partial charge < -0.3 is 10.2 Å². The molecule has 0 aliphatic heterocycles. The summed E-state index contributed by atoms with van der Waals surface area (Å²) < 4.78 is 123. The number of fused-ring (bicyclic) bond motifs is 2. The van der Waals surface area contributed by atoms with Crippen molar-refractivity contribution in [1.82, 2.24) is 19.5 Å². The van der Waals surface area contributed by atoms with E-state index in [1.54, 1.807) is 0 Å². The molecule has 0 saturated heterocycles. The molecule has 2 aromatic carbocycles. The van der Waals surface area contributed by atoms with Gasteiger partial charge in [0.1, 0.15) is 11.7 Å². The van der Waals surface area contributed by atoms with E-state index in [9.17, 15) is 53.9 Å². The summed E-state index contributed by atoms with van der Waals surface area (Å²) in [6, 6.07) is 3.21. The minimum absolute atomic E-state index is 0.344. The highest BCUT2D eigenvalue weighted by molar-refractivity contribution is 7.91. The Morgan fingerprint density at radius 2 is 1.72 bits per heavy atom. The number of aromatic nitrogens is 4. The number of aromatic amines is 1. The van der Waals surface area contributed by atoms with Gasteiger partial charge in [0.15, 0.2) is 0 Å². The molecule has 0 radical (unpaired) electrons. The molecule has 4 aromatic rings. The molecule has 208 valence electrons. The molecule has 5 rings (SSSR count). The van der Waals surface area contributed by atoms with E-state index < -0.39 is 84.2 Å². The molecule has 2 N–H and O–H groups in total. The number of aryl methyl sites for hydroxylation is 1. The molecule has 9 nitrogen and oxygen atoms in total. The molecule has 1 aliphatic carbocycles. The third-order valence-corrected chi connectivity index (χ3v) is 8.66. The number of alkyl halides is 6. The van der Waals surface area contributed by atoms with Crippen LogP contribution in [-0.2, 0) is 16.4 Å². The molecule has 2 aromatic heterocycles. The first kappa shape index (κ1) is 27.0. The molecule has 2 heterocycles. The van der Waals surface area contributed by atoms with Crippen LogP contribution in [0.2, 0.25) is 5.02 Å². The summed E-state index contributed by atoms with van der Waals surface area (Å²) in [5.41, 5.74) is -3.75. The number of H-pyrrole nitrogens is 1. The van der Waals surface area contributed by atoms with E-state index in [4.69, 9.17) is 11.6 Å². The second-order valence-electron chi connectivity index (χ2n) is 8.71. The van der Waals surface area contributed by atoms with Gasteiger partial charge in [-0.2, -0.15) is 31.4 Å². The summed E-state index contributed by atoms with van der Waals surface area (Å²) in [5, 5.41) is 12.0. The molecule has 0 amide bonds. The van der Waals surface area contributed by atoms with Crippen molar-refractivity contribution in [1.29, 1.82) is 0 Å². The van der Waals surface area contributed by atoms with Crippen molar-refractivity contribution in [3.63, 3.8) is 0 Å². The first-order valence-corrected chi connectivity index (χ1v) is 12.5. The highest BCUT2D eigenvalue weighted by Crippen LogP contribution is 2.65. The molecule has 0 bridgehead atoms. The van der Waals surface area contributed by atoms with E-state index in [1.165, 1.54) is 0 Å². The standard InChI is InChI=1S/C21H12ClF7N4O5S/c22-10-1-2-13(16-15(10)17(34)33(36)18(35)31-16)39(37,38)8-5-11(23)9-7-30-32(12(9)6-8)4-3-14-19(24,25)21(28,29)20(14,26)27/h1-2,5-7,14,36H,3-4H2,(H,31,35). The Morgan fingerprint density at radius 1 is 1.08 bits per heavy atom. The molecule has 0 unspecified atom stereocenters. The quantitative estimate of drug-likeness (QED) is 0.265. The fourth-order valence-corrected chi connectivity index (χ4v) is 6.15. The van der Waals surface area contributed by atoms with Crippen LogP contribution in [0.3, 0.4) is 0 Å². The third-order valence-electron chi connectivity index (χ3n) is 6.57. The Morgan fingerprint density at radius 3 is 2.36 bits per heavy atom. The zero-order valence-electron chi connectivity index (χ0n) is 18.7. The van der Waals surface area contributed by atoms with E-state index in [-0.39, 0.29) is 20.7 Å². The maximum Gasteiger partial charge on any atom is 0.372 e. The normalized spacial score (nSPS) is 18.5. The minimum atomic E-state index is -5.55. The fraction of sp³-hybridized carbons (Fsp3) is 0.286. The van der Waals surface area contributed by atoms with Crippen LogP contribution in [0.5, 0.6) is 0 Å². The van der Waals surface area contributed by atoms with Gasteiger partial charge in [-0.15, -0.1) is 0 Å². The summed E-state index contributed by atoms with van der Waals surface area (Å²) in [7, 11) is -4.79. The summed E-state index contributed by atoms with van der Waals surface area (Å²) in [6.45, 7) is -0.828. The van der Waals surface area contributed by atoms with Gasteiger partial charge in [-0.1, -0.05) is 16.3 Å². The zero-order chi connectivity index (χ0) is 28.9. The van der Waals surface area contributed by atoms with Crippen LogP contribution in [0.4, 0.5) is 30.7 Å². The maximum absolute atomic E-state index is 14.9. The van der Waals surface area contributed by atoms with Crippen LogP contribution in [0.1, 0.15) is 6.42 Å². The number of sulfone groups is 1. The van der Waals surface area contributed by atoms with E-state index in [0.717, 1.165) is 24.4 Å². The van der Waals surface area contributed by atoms with Gasteiger partial charge in [-0.3, -0.25) is 9.48 Å². The van der Waals surface area contributed by atoms with Gasteiger partial charge in [0.2, 0.25) is 9.84 Å². The Balaban J connectivity index is 1.60. The monoisotopic (exact) mass is 600 g/mol. The van der Waals surface area contributed by atoms with E-state index in [2.05, 4.69) is 5.10 Å². The molecule has 0 atom stereocenters. The lowest BCUT2D eigenvalue weighted by Gasteiger charge is -2.50. The van der Waals surface area contributed by atoms with Crippen molar-refractivity contribution in [2.24, 2.45) is 5.92 Å². The zero-order valence-corrected chi connectivity index (χ0v) is 20.3. The van der Waals surface area contributed by atoms with Gasteiger partial charge in [-0.25, -0.2) is 17.6 Å². The SMILES string of the molecule is O=c1[nH]c2c(S(=O)(=O)c3cc(F)c4cnn(CCC5C(F)(F)C(F)(F)C5(F)F)c4c3)ccc(Cl)c2c(=O)n1O. The number of benzene rings is 2. The predicted molar refractivity (Wildman–Crippen MR) is 119 cm³/mol. The second kappa shape index (κ2) is 8.20. The van der Waals surface area contributed by atoms with E-state index >= 15 is 0 Å². The molecule has 1 aliphatic rings. The summed E-state index contributed by atoms with van der Waals surface area (Å²) in [4.78, 5) is 24.7. The average molecular weight is 601 g/mol. The van der Waals surface area contributed by atoms with E-state index in [1.807, 2.05) is 4.98 Å². The van der Waals surface area contributed by atoms with Crippen molar-refractivity contribution < 1.29 is 44.4 Å². The minimum Gasteiger partial charge on any atom is -0.421 e. The Hall–Kier alpha value is -3.60. The summed E-state index contributed by atoms with van der Waals surface area (Å²) >= 11 is 5.93. The number of hydrogen-bond acceptors (Lipinski definition) is 6. The van der Waals surface area contributed by atoms with Crippen molar-refractivity contribution in [3.05, 3.63) is 62.1 Å². The Labute approximate surface area is 215 Å². The fourth-order valence-electron chi connectivity index (χ4n) is 4.47. The summed E-state index contributed by atoms with van der Waals surface area (Å²) in [6.07, 6.45) is -0.354. The first-order valence-electron chi connectivity index (χ1n) is 10.6. The number of nitrogens with one attached hydrogen (secondary N) is 1. The Bertz CT molecular complexity index is 1900. The molecular formula is C21H12ClF7N4O5S. The summed E-state index contributed by atoms with van der Waals surface area (Å²) in [5.74, 6) is -19.8. The van der Waals surface area contributed by atoms with Crippen molar-refractivity contribution in [2.75, 3.05) is 0 Å². The highest BCUT2D eigenvalue weighted by atomic mass is 35.5. The van der Waals surface area contributed by atoms with Crippen LogP contribution in [0.15, 0.2) is 49.8 Å². The second-order valence-corrected chi connectivity index (χ2v) is 11.0. The van der Waals surface area contributed by atoms with Gasteiger partial charge in [0.25, 0.3) is 5.56 Å². The van der Waals surface area contributed by atoms with Crippen LogP contribution in [0, 0.1) is 11.7 Å². The third kappa shape index (κ3) is 3.51. The number of halogens is 8. The number of rotatable bonds is 5. The molecule has 1 saturated carbocycles. The number of hydrogen-bond donors (Lipinski definition) is 2. The topological polar surface area (TPSA) is 127 Å². The predicted octanol–water partition coefficient (Wildman–Crippen LogP) is 3.83. The van der Waals surface area contributed by atoms with Crippen molar-refractivity contribution in [2.45, 2.75) is 40.5 Å². The van der Waals surface area contributed by atoms with Gasteiger partial charge in [0, 0.05) is 6.54 Å². The van der Waals surface area contributed by atoms with E-state index in [0.29, 0.717) is 10.7 Å². The maximum atomic E-state index is 14.9. The Kier molecular flexibility index (Phi) is 5.68. The van der Waals surface area contributed by atoms with Gasteiger partial charge >= 0.3 is 23.5 Å². The van der Waals surface area contributed by atoms with Crippen LogP contribution in [-0.4, -0.2) is 50.9 Å². The molecular weight excluding hydrogens is 589 g/mol. The lowest BCUT2D eigenvalue weighted by atomic mass is 9.70. The smallest absolute Gasteiger partial charge is 0.372 e. The lowest BCUT2D eigenvalue weighted by molar-refractivity contribution is -0.436. The first-order chi connectivity index (χ1) is 17.9. The van der Waals surface area contributed by atoms with Crippen molar-refractivity contribution >= 4 is 43.2 Å². The molecule has 0 spiro atoms. The van der Waals surface area contributed by atoms with Crippen LogP contribution in [0.25, 0.3) is 21.8 Å². The largest absolute Gasteiger partial charge is 0.421 e. The van der Waals surface area contributed by atoms with Crippen LogP contribution >= 0.6 is 11.6 Å². The molecule has 18 heteroatoms. The highest BCUT2D eigenvalue weighted by Gasteiger charge is 2.89. The van der Waals surface area contributed by atoms with Gasteiger partial charge in [-0.05, 0) is 30.7 Å². The average Bonchev–Trinajstić information content (AvgIpc) is 3.25. The lowest BCUT2D eigenvalue weighted by Crippen LogP contribution is -2.74. The number of nitrogens with zero attached hydrogens (tertiary/aromatic N) is 3. The molecule has 1 fully saturated rings.